The molecule has 0 bridgehead atoms. The maximum absolute atomic E-state index is 12.7. The second-order valence-electron chi connectivity index (χ2n) is 6.76. The van der Waals surface area contributed by atoms with Crippen LogP contribution in [0.4, 0.5) is 5.69 Å². The Balaban J connectivity index is 1.41. The van der Waals surface area contributed by atoms with E-state index in [2.05, 4.69) is 46.3 Å². The lowest BCUT2D eigenvalue weighted by atomic mass is 10.2. The molecule has 1 fully saturated rings. The van der Waals surface area contributed by atoms with Gasteiger partial charge in [-0.2, -0.15) is 0 Å². The van der Waals surface area contributed by atoms with E-state index in [1.807, 2.05) is 24.3 Å². The molecule has 1 saturated heterocycles. The number of hydrogen-bond acceptors (Lipinski definition) is 6. The van der Waals surface area contributed by atoms with E-state index in [9.17, 15) is 4.79 Å². The Morgan fingerprint density at radius 3 is 2.46 bits per heavy atom. The Bertz CT molecular complexity index is 960. The van der Waals surface area contributed by atoms with Crippen molar-refractivity contribution in [1.82, 2.24) is 15.1 Å². The highest BCUT2D eigenvalue weighted by molar-refractivity contribution is 5.90. The number of piperazine rings is 1. The maximum atomic E-state index is 12.7. The molecule has 0 unspecified atom stereocenters. The molecule has 2 aromatic carbocycles. The lowest BCUT2D eigenvalue weighted by Crippen LogP contribution is -2.48. The number of aryl methyl sites for hydroxylation is 1. The molecule has 4 rings (SSSR count). The SMILES string of the molecule is COc1ccc(-c2nnc(C(=O)N3CCN(c4cccc(C)c4)CC3)o2)cc1. The van der Waals surface area contributed by atoms with E-state index in [-0.39, 0.29) is 11.8 Å². The summed E-state index contributed by atoms with van der Waals surface area (Å²) in [5.74, 6) is 0.862. The van der Waals surface area contributed by atoms with Crippen LogP contribution in [0.1, 0.15) is 16.2 Å². The minimum Gasteiger partial charge on any atom is -0.497 e. The summed E-state index contributed by atoms with van der Waals surface area (Å²) in [6, 6.07) is 15.7. The van der Waals surface area contributed by atoms with Crippen LogP contribution in [0.15, 0.2) is 52.9 Å². The summed E-state index contributed by atoms with van der Waals surface area (Å²) in [5, 5.41) is 7.96. The third-order valence-electron chi connectivity index (χ3n) is 4.88. The topological polar surface area (TPSA) is 71.7 Å². The van der Waals surface area contributed by atoms with Gasteiger partial charge in [0.15, 0.2) is 0 Å². The normalized spacial score (nSPS) is 14.2. The average Bonchev–Trinajstić information content (AvgIpc) is 3.24. The molecule has 0 spiro atoms. The van der Waals surface area contributed by atoms with Gasteiger partial charge in [-0.25, -0.2) is 0 Å². The van der Waals surface area contributed by atoms with Crippen molar-refractivity contribution in [3.63, 3.8) is 0 Å². The summed E-state index contributed by atoms with van der Waals surface area (Å²) < 4.78 is 10.8. The summed E-state index contributed by atoms with van der Waals surface area (Å²) in [6.45, 7) is 4.86. The fourth-order valence-electron chi connectivity index (χ4n) is 3.29. The van der Waals surface area contributed by atoms with Crippen molar-refractivity contribution in [3.05, 3.63) is 60.0 Å². The molecular weight excluding hydrogens is 356 g/mol. The number of carbonyl (C=O) groups is 1. The molecule has 0 saturated carbocycles. The first-order chi connectivity index (χ1) is 13.6. The minimum atomic E-state index is -0.226. The molecule has 0 atom stereocenters. The van der Waals surface area contributed by atoms with E-state index in [0.717, 1.165) is 24.4 Å². The Morgan fingerprint density at radius 2 is 1.79 bits per heavy atom. The molecule has 28 heavy (non-hydrogen) atoms. The fraction of sp³-hybridized carbons (Fsp3) is 0.286. The van der Waals surface area contributed by atoms with Crippen molar-refractivity contribution in [1.29, 1.82) is 0 Å². The van der Waals surface area contributed by atoms with Crippen LogP contribution in [0.2, 0.25) is 0 Å². The van der Waals surface area contributed by atoms with Crippen LogP contribution < -0.4 is 9.64 Å². The second kappa shape index (κ2) is 7.72. The molecule has 7 nitrogen and oxygen atoms in total. The van der Waals surface area contributed by atoms with E-state index in [0.29, 0.717) is 19.0 Å². The monoisotopic (exact) mass is 378 g/mol. The van der Waals surface area contributed by atoms with Gasteiger partial charge in [0, 0.05) is 37.4 Å². The van der Waals surface area contributed by atoms with Crippen LogP contribution in [-0.2, 0) is 0 Å². The molecule has 0 radical (unpaired) electrons. The Hall–Kier alpha value is -3.35. The summed E-state index contributed by atoms with van der Waals surface area (Å²) in [6.07, 6.45) is 0. The number of rotatable bonds is 4. The highest BCUT2D eigenvalue weighted by Gasteiger charge is 2.26. The van der Waals surface area contributed by atoms with Gasteiger partial charge in [-0.3, -0.25) is 4.79 Å². The molecule has 0 N–H and O–H groups in total. The van der Waals surface area contributed by atoms with Gasteiger partial charge < -0.3 is 19.0 Å². The van der Waals surface area contributed by atoms with E-state index in [1.54, 1.807) is 12.0 Å². The van der Waals surface area contributed by atoms with Crippen LogP contribution in [0.5, 0.6) is 5.75 Å². The molecule has 1 aromatic heterocycles. The first-order valence-corrected chi connectivity index (χ1v) is 9.23. The summed E-state index contributed by atoms with van der Waals surface area (Å²) in [4.78, 5) is 16.8. The van der Waals surface area contributed by atoms with Gasteiger partial charge in [0.1, 0.15) is 5.75 Å². The third kappa shape index (κ3) is 3.69. The molecule has 1 aliphatic rings. The fourth-order valence-corrected chi connectivity index (χ4v) is 3.29. The Morgan fingerprint density at radius 1 is 1.04 bits per heavy atom. The van der Waals surface area contributed by atoms with Crippen molar-refractivity contribution in [2.75, 3.05) is 38.2 Å². The number of aromatic nitrogens is 2. The number of amides is 1. The van der Waals surface area contributed by atoms with Gasteiger partial charge in [0.05, 0.1) is 7.11 Å². The van der Waals surface area contributed by atoms with Gasteiger partial charge >= 0.3 is 11.8 Å². The number of ether oxygens (including phenoxy) is 1. The molecule has 0 aliphatic carbocycles. The third-order valence-corrected chi connectivity index (χ3v) is 4.88. The van der Waals surface area contributed by atoms with E-state index < -0.39 is 0 Å². The Kier molecular flexibility index (Phi) is 4.97. The Labute approximate surface area is 163 Å². The predicted molar refractivity (Wildman–Crippen MR) is 106 cm³/mol. The van der Waals surface area contributed by atoms with E-state index in [4.69, 9.17) is 9.15 Å². The number of anilines is 1. The van der Waals surface area contributed by atoms with Crippen molar-refractivity contribution in [2.45, 2.75) is 6.92 Å². The van der Waals surface area contributed by atoms with Crippen LogP contribution >= 0.6 is 0 Å². The number of carbonyl (C=O) groups excluding carboxylic acids is 1. The lowest BCUT2D eigenvalue weighted by molar-refractivity contribution is 0.0707. The van der Waals surface area contributed by atoms with Gasteiger partial charge in [0.2, 0.25) is 5.89 Å². The number of hydrogen-bond donors (Lipinski definition) is 0. The molecule has 2 heterocycles. The zero-order valence-corrected chi connectivity index (χ0v) is 16.0. The molecule has 3 aromatic rings. The quantitative estimate of drug-likeness (QED) is 0.695. The molecule has 1 aliphatic heterocycles. The van der Waals surface area contributed by atoms with Gasteiger partial charge in [-0.1, -0.05) is 12.1 Å². The van der Waals surface area contributed by atoms with Crippen LogP contribution in [0, 0.1) is 6.92 Å². The zero-order chi connectivity index (χ0) is 19.5. The second-order valence-corrected chi connectivity index (χ2v) is 6.76. The highest BCUT2D eigenvalue weighted by Crippen LogP contribution is 2.22. The molecule has 1 amide bonds. The molecule has 7 heteroatoms. The number of methoxy groups -OCH3 is 1. The van der Waals surface area contributed by atoms with E-state index in [1.165, 1.54) is 11.3 Å². The van der Waals surface area contributed by atoms with Gasteiger partial charge in [-0.05, 0) is 48.9 Å². The largest absolute Gasteiger partial charge is 0.497 e. The number of benzene rings is 2. The minimum absolute atomic E-state index is 0.0230. The van der Waals surface area contributed by atoms with Crippen LogP contribution in [-0.4, -0.2) is 54.3 Å². The summed E-state index contributed by atoms with van der Waals surface area (Å²) in [5.41, 5.74) is 3.16. The lowest BCUT2D eigenvalue weighted by Gasteiger charge is -2.35. The van der Waals surface area contributed by atoms with Crippen molar-refractivity contribution in [3.8, 4) is 17.2 Å². The standard InChI is InChI=1S/C21H22N4O3/c1-15-4-3-5-17(14-15)24-10-12-25(13-11-24)21(26)20-23-22-19(28-20)16-6-8-18(27-2)9-7-16/h3-9,14H,10-13H2,1-2H3. The smallest absolute Gasteiger partial charge is 0.311 e. The summed E-state index contributed by atoms with van der Waals surface area (Å²) >= 11 is 0. The highest BCUT2D eigenvalue weighted by atomic mass is 16.5. The van der Waals surface area contributed by atoms with Crippen molar-refractivity contribution in [2.24, 2.45) is 0 Å². The van der Waals surface area contributed by atoms with Crippen LogP contribution in [0.3, 0.4) is 0 Å². The predicted octanol–water partition coefficient (Wildman–Crippen LogP) is 3.02. The number of nitrogens with zero attached hydrogens (tertiary/aromatic N) is 4. The van der Waals surface area contributed by atoms with Crippen molar-refractivity contribution >= 4 is 11.6 Å². The van der Waals surface area contributed by atoms with E-state index >= 15 is 0 Å². The first-order valence-electron chi connectivity index (χ1n) is 9.23. The van der Waals surface area contributed by atoms with Crippen molar-refractivity contribution < 1.29 is 13.9 Å². The van der Waals surface area contributed by atoms with Gasteiger partial charge in [0.25, 0.3) is 0 Å². The first kappa shape index (κ1) is 18.0. The zero-order valence-electron chi connectivity index (χ0n) is 16.0. The average molecular weight is 378 g/mol. The summed E-state index contributed by atoms with van der Waals surface area (Å²) in [7, 11) is 1.61. The molecule has 144 valence electrons. The van der Waals surface area contributed by atoms with Crippen LogP contribution in [0.25, 0.3) is 11.5 Å². The van der Waals surface area contributed by atoms with Gasteiger partial charge in [-0.15, -0.1) is 10.2 Å². The maximum Gasteiger partial charge on any atom is 0.311 e. The molecular formula is C21H22N4O3.